The molecule has 324 valence electrons. The van der Waals surface area contributed by atoms with E-state index in [0.29, 0.717) is 70.9 Å². The number of anilines is 1. The van der Waals surface area contributed by atoms with Crippen molar-refractivity contribution in [2.45, 2.75) is 117 Å². The van der Waals surface area contributed by atoms with Gasteiger partial charge in [-0.2, -0.15) is 0 Å². The minimum absolute atomic E-state index is 0.141. The van der Waals surface area contributed by atoms with E-state index in [1.54, 1.807) is 16.8 Å². The van der Waals surface area contributed by atoms with Crippen molar-refractivity contribution < 1.29 is 27.2 Å². The molecule has 0 saturated heterocycles. The summed E-state index contributed by atoms with van der Waals surface area (Å²) >= 11 is 0. The second-order valence-corrected chi connectivity index (χ2v) is 18.4. The van der Waals surface area contributed by atoms with Crippen LogP contribution in [-0.4, -0.2) is 85.0 Å². The van der Waals surface area contributed by atoms with Gasteiger partial charge in [-0.15, -0.1) is 5.10 Å². The first-order valence-corrected chi connectivity index (χ1v) is 23.6. The summed E-state index contributed by atoms with van der Waals surface area (Å²) in [5, 5.41) is 12.8. The van der Waals surface area contributed by atoms with Crippen LogP contribution in [0.3, 0.4) is 0 Å². The van der Waals surface area contributed by atoms with Crippen LogP contribution in [0.2, 0.25) is 0 Å². The first-order valence-electron chi connectivity index (χ1n) is 22.0. The normalized spacial score (nSPS) is 13.1. The van der Waals surface area contributed by atoms with E-state index in [0.717, 1.165) is 42.6 Å². The second kappa shape index (κ2) is 23.2. The minimum atomic E-state index is -3.46. The average molecular weight is 835 g/mol. The number of unbranched alkanes of at least 4 members (excludes halogenated alkanes) is 11. The van der Waals surface area contributed by atoms with Gasteiger partial charge in [0.1, 0.15) is 29.3 Å². The zero-order valence-electron chi connectivity index (χ0n) is 36.5. The number of nitrogens with zero attached hydrogens (tertiary/aromatic N) is 6. The van der Waals surface area contributed by atoms with Gasteiger partial charge in [-0.05, 0) is 57.0 Å². The van der Waals surface area contributed by atoms with Gasteiger partial charge >= 0.3 is 7.75 Å². The summed E-state index contributed by atoms with van der Waals surface area (Å²) in [6.07, 6.45) is 17.5. The Balaban J connectivity index is 1.09. The summed E-state index contributed by atoms with van der Waals surface area (Å²) in [5.74, 6) is 1.00. The van der Waals surface area contributed by atoms with Crippen LogP contribution >= 0.6 is 7.75 Å². The van der Waals surface area contributed by atoms with E-state index < -0.39 is 7.75 Å². The zero-order valence-corrected chi connectivity index (χ0v) is 37.4. The highest BCUT2D eigenvalue weighted by Gasteiger charge is 2.25. The number of aryl methyl sites for hydroxylation is 1. The number of likely N-dealkylation sites (N-methyl/N-ethyl adjacent to an activating group) is 1. The molecule has 5 rings (SSSR count). The Labute approximate surface area is 351 Å². The molecule has 14 heteroatoms. The largest absolute Gasteiger partial charge is 0.487 e. The molecule has 0 bridgehead atoms. The maximum Gasteiger partial charge on any atom is 0.405 e. The molecule has 13 nitrogen and oxygen atoms in total. The van der Waals surface area contributed by atoms with E-state index >= 15 is 0 Å². The molecule has 0 amide bonds. The van der Waals surface area contributed by atoms with Crippen LogP contribution in [0, 0.1) is 0 Å². The van der Waals surface area contributed by atoms with E-state index in [1.165, 1.54) is 70.3 Å². The van der Waals surface area contributed by atoms with Crippen molar-refractivity contribution in [3.63, 3.8) is 0 Å². The lowest BCUT2D eigenvalue weighted by atomic mass is 10.0. The highest BCUT2D eigenvalue weighted by molar-refractivity contribution is 7.51. The Bertz CT molecular complexity index is 2090. The molecule has 1 atom stereocenters. The standard InChI is InChI=1S/C45H69N7O6P/c1-7-10-11-12-13-14-15-16-17-18-19-20-29-56-59(54,46-26-28-52(4,5)6)57-30-21-27-51-34-36(48-49-51)35-55-38-23-24-39-40(32-38)45-44(33-42(39)53)58-43-31-37(50(8-2)9-3)22-25-41(43)47-45/h22-25,31-34H,7-21,26-30,35H2,1-6H3,(H,46,54)/q+1. The fourth-order valence-corrected chi connectivity index (χ4v) is 8.55. The Hall–Kier alpha value is -3.87. The predicted molar refractivity (Wildman–Crippen MR) is 238 cm³/mol. The predicted octanol–water partition coefficient (Wildman–Crippen LogP) is 9.99. The Morgan fingerprint density at radius 3 is 2.17 bits per heavy atom. The molecule has 2 aromatic carbocycles. The molecule has 59 heavy (non-hydrogen) atoms. The van der Waals surface area contributed by atoms with Gasteiger partial charge in [-0.25, -0.2) is 14.6 Å². The Morgan fingerprint density at radius 1 is 0.814 bits per heavy atom. The van der Waals surface area contributed by atoms with Crippen LogP contribution in [-0.2, 0) is 26.8 Å². The molecule has 0 fully saturated rings. The number of hydrogen-bond acceptors (Lipinski definition) is 10. The maximum atomic E-state index is 13.7. The van der Waals surface area contributed by atoms with Crippen LogP contribution < -0.4 is 20.2 Å². The number of quaternary nitrogens is 1. The topological polar surface area (TPSA) is 134 Å². The van der Waals surface area contributed by atoms with Gasteiger partial charge in [0, 0.05) is 48.2 Å². The van der Waals surface area contributed by atoms with Gasteiger partial charge in [0.15, 0.2) is 16.8 Å². The van der Waals surface area contributed by atoms with Gasteiger partial charge in [0.2, 0.25) is 0 Å². The lowest BCUT2D eigenvalue weighted by molar-refractivity contribution is -0.869. The summed E-state index contributed by atoms with van der Waals surface area (Å²) in [6.45, 7) is 10.9. The summed E-state index contributed by atoms with van der Waals surface area (Å²) < 4.78 is 40.3. The molecule has 1 unspecified atom stereocenters. The lowest BCUT2D eigenvalue weighted by Gasteiger charge is -2.25. The number of nitrogens with one attached hydrogen (secondary N) is 1. The molecule has 2 heterocycles. The van der Waals surface area contributed by atoms with Crippen LogP contribution in [0.4, 0.5) is 5.69 Å². The smallest absolute Gasteiger partial charge is 0.405 e. The molecule has 2 aliphatic rings. The van der Waals surface area contributed by atoms with Gasteiger partial charge in [-0.3, -0.25) is 18.5 Å². The van der Waals surface area contributed by atoms with Gasteiger partial charge in [0.05, 0.1) is 53.6 Å². The Kier molecular flexibility index (Phi) is 18.2. The van der Waals surface area contributed by atoms with Gasteiger partial charge in [-0.1, -0.05) is 82.8 Å². The molecule has 3 aromatic rings. The summed E-state index contributed by atoms with van der Waals surface area (Å²) in [4.78, 5) is 20.2. The maximum absolute atomic E-state index is 13.7. The first kappa shape index (κ1) is 46.2. The monoisotopic (exact) mass is 835 g/mol. The molecule has 1 aliphatic heterocycles. The number of ether oxygens (including phenoxy) is 1. The van der Waals surface area contributed by atoms with E-state index in [2.05, 4.69) is 62.2 Å². The van der Waals surface area contributed by atoms with E-state index in [1.807, 2.05) is 30.5 Å². The summed E-state index contributed by atoms with van der Waals surface area (Å²) in [6, 6.07) is 12.8. The van der Waals surface area contributed by atoms with Crippen molar-refractivity contribution in [2.24, 2.45) is 0 Å². The van der Waals surface area contributed by atoms with E-state index in [-0.39, 0.29) is 18.6 Å². The lowest BCUT2D eigenvalue weighted by Crippen LogP contribution is -2.40. The highest BCUT2D eigenvalue weighted by atomic mass is 31.2. The summed E-state index contributed by atoms with van der Waals surface area (Å²) in [5.41, 5.74) is 3.49. The van der Waals surface area contributed by atoms with Crippen molar-refractivity contribution >= 4 is 35.3 Å². The second-order valence-electron chi connectivity index (χ2n) is 16.6. The number of benzene rings is 3. The van der Waals surface area contributed by atoms with E-state index in [9.17, 15) is 9.36 Å². The number of hydrogen-bond donors (Lipinski definition) is 1. The molecular formula is C45H69N7O6P+. The summed E-state index contributed by atoms with van der Waals surface area (Å²) in [7, 11) is 2.84. The molecule has 0 spiro atoms. The van der Waals surface area contributed by atoms with Crippen molar-refractivity contribution in [1.29, 1.82) is 0 Å². The van der Waals surface area contributed by atoms with Crippen LogP contribution in [0.1, 0.15) is 110 Å². The third kappa shape index (κ3) is 14.7. The van der Waals surface area contributed by atoms with Crippen molar-refractivity contribution in [1.82, 2.24) is 25.1 Å². The SMILES string of the molecule is CCCCCCCCCCCCCCOP(=O)(NCC[N+](C)(C)C)OCCCn1cc(COc2ccc3c(=O)cc4oc5cc(N(CC)CC)ccc5nc-4c3c2)nn1. The van der Waals surface area contributed by atoms with Gasteiger partial charge in [0.25, 0.3) is 0 Å². The molecule has 1 aromatic heterocycles. The fraction of sp³-hybridized carbons (Fsp3) is 0.600. The molecule has 0 radical (unpaired) electrons. The van der Waals surface area contributed by atoms with Crippen LogP contribution in [0.15, 0.2) is 57.9 Å². The number of fused-ring (bicyclic) bond motifs is 4. The third-order valence-corrected chi connectivity index (χ3v) is 12.3. The van der Waals surface area contributed by atoms with Crippen molar-refractivity contribution in [3.05, 3.63) is 64.6 Å². The quantitative estimate of drug-likeness (QED) is 0.0162. The molecule has 1 aliphatic carbocycles. The van der Waals surface area contributed by atoms with Crippen LogP contribution in [0.5, 0.6) is 5.75 Å². The van der Waals surface area contributed by atoms with Crippen molar-refractivity contribution in [2.75, 3.05) is 65.4 Å². The fourth-order valence-electron chi connectivity index (χ4n) is 7.18. The number of rotatable bonds is 29. The van der Waals surface area contributed by atoms with E-state index in [4.69, 9.17) is 23.2 Å². The Morgan fingerprint density at radius 2 is 1.49 bits per heavy atom. The minimum Gasteiger partial charge on any atom is -0.487 e. The highest BCUT2D eigenvalue weighted by Crippen LogP contribution is 2.44. The van der Waals surface area contributed by atoms with Crippen LogP contribution in [0.25, 0.3) is 33.3 Å². The molecule has 0 saturated carbocycles. The number of aromatic nitrogens is 4. The zero-order chi connectivity index (χ0) is 42.1. The average Bonchev–Trinajstić information content (AvgIpc) is 3.67. The third-order valence-electron chi connectivity index (χ3n) is 10.6. The van der Waals surface area contributed by atoms with Gasteiger partial charge < -0.3 is 18.5 Å². The molecular weight excluding hydrogens is 766 g/mol. The molecule has 1 N–H and O–H groups in total. The first-order chi connectivity index (χ1) is 28.5. The van der Waals surface area contributed by atoms with Crippen molar-refractivity contribution in [3.8, 4) is 17.2 Å².